The molecule has 0 heterocycles. The number of hydrogen-bond acceptors (Lipinski definition) is 0. The Morgan fingerprint density at radius 1 is 1.43 bits per heavy atom. The van der Waals surface area contributed by atoms with E-state index in [1.807, 2.05) is 0 Å². The van der Waals surface area contributed by atoms with Crippen molar-refractivity contribution < 1.29 is 10.2 Å². The fourth-order valence-corrected chi connectivity index (χ4v) is 0.285. The van der Waals surface area contributed by atoms with Gasteiger partial charge in [-0.15, -0.1) is 0 Å². The fraction of sp³-hybridized carbons (Fsp3) is 1.00. The summed E-state index contributed by atoms with van der Waals surface area (Å²) in [5, 5.41) is 19.6. The summed E-state index contributed by atoms with van der Waals surface area (Å²) < 4.78 is 0. The van der Waals surface area contributed by atoms with Gasteiger partial charge < -0.3 is 0 Å². The highest BCUT2D eigenvalue weighted by Gasteiger charge is 1.97. The van der Waals surface area contributed by atoms with Crippen LogP contribution in [0.3, 0.4) is 0 Å². The van der Waals surface area contributed by atoms with E-state index in [1.54, 1.807) is 6.92 Å². The Kier molecular flexibility index (Phi) is 4.04. The van der Waals surface area contributed by atoms with E-state index in [1.165, 1.54) is 0 Å². The smallest absolute Gasteiger partial charge is 0.0848 e. The minimum Gasteiger partial charge on any atom is -0.237 e. The quantitative estimate of drug-likeness (QED) is 0.507. The molecule has 2 nitrogen and oxygen atoms in total. The van der Waals surface area contributed by atoms with Crippen LogP contribution in [0.2, 0.25) is 0 Å². The molecule has 2 heteroatoms. The van der Waals surface area contributed by atoms with Crippen LogP contribution in [0.5, 0.6) is 0 Å². The van der Waals surface area contributed by atoms with Crippen LogP contribution in [0.15, 0.2) is 0 Å². The zero-order valence-corrected chi connectivity index (χ0v) is 4.52. The molecule has 1 atom stereocenters. The van der Waals surface area contributed by atoms with Crippen molar-refractivity contribution in [3.63, 3.8) is 0 Å². The maximum absolute atomic E-state index is 9.88. The Bertz CT molecular complexity index is 37.1. The van der Waals surface area contributed by atoms with E-state index in [0.29, 0.717) is 6.42 Å². The molecule has 1 unspecified atom stereocenters. The summed E-state index contributed by atoms with van der Waals surface area (Å²) in [7, 11) is 0. The topological polar surface area (TPSA) is 39.8 Å². The van der Waals surface area contributed by atoms with Crippen LogP contribution in [-0.4, -0.2) is 13.2 Å². The van der Waals surface area contributed by atoms with Gasteiger partial charge in [0.2, 0.25) is 0 Å². The molecule has 0 aromatic carbocycles. The molecular weight excluding hydrogens is 92.1 g/mol. The van der Waals surface area contributed by atoms with Crippen molar-refractivity contribution in [1.82, 2.24) is 0 Å². The number of rotatable bonds is 3. The first-order valence-electron chi connectivity index (χ1n) is 2.47. The minimum absolute atomic E-state index is 0.0810. The predicted molar refractivity (Wildman–Crippen MR) is 24.9 cm³/mol. The average molecular weight is 102 g/mol. The summed E-state index contributed by atoms with van der Waals surface area (Å²) in [4.78, 5) is 0. The Morgan fingerprint density at radius 3 is 2.14 bits per heavy atom. The van der Waals surface area contributed by atoms with Crippen molar-refractivity contribution in [2.75, 3.05) is 13.2 Å². The third kappa shape index (κ3) is 3.76. The van der Waals surface area contributed by atoms with E-state index in [2.05, 4.69) is 0 Å². The summed E-state index contributed by atoms with van der Waals surface area (Å²) >= 11 is 0. The van der Waals surface area contributed by atoms with Crippen molar-refractivity contribution in [3.8, 4) is 0 Å². The second-order valence-corrected chi connectivity index (χ2v) is 1.76. The Labute approximate surface area is 43.8 Å². The largest absolute Gasteiger partial charge is 0.237 e. The summed E-state index contributed by atoms with van der Waals surface area (Å²) in [6.07, 6.45) is 0.531. The molecule has 0 N–H and O–H groups in total. The van der Waals surface area contributed by atoms with E-state index in [9.17, 15) is 10.2 Å². The molecule has 0 aliphatic carbocycles. The second kappa shape index (κ2) is 4.09. The highest BCUT2D eigenvalue weighted by atomic mass is 16.3. The lowest BCUT2D eigenvalue weighted by atomic mass is 10.1. The normalized spacial score (nSPS) is 14.1. The molecule has 0 saturated carbocycles. The molecular formula is C5H10O2. The van der Waals surface area contributed by atoms with Gasteiger partial charge in [0, 0.05) is 0 Å². The molecule has 0 aromatic heterocycles. The summed E-state index contributed by atoms with van der Waals surface area (Å²) in [5.41, 5.74) is 0. The summed E-state index contributed by atoms with van der Waals surface area (Å²) in [6.45, 7) is 1.58. The molecule has 2 radical (unpaired) electrons. The molecule has 42 valence electrons. The highest BCUT2D eigenvalue weighted by molar-refractivity contribution is 4.45. The summed E-state index contributed by atoms with van der Waals surface area (Å²) in [6, 6.07) is 0. The molecule has 7 heavy (non-hydrogen) atoms. The molecule has 0 aliphatic rings. The molecule has 0 spiro atoms. The maximum Gasteiger partial charge on any atom is 0.0848 e. The third-order valence-corrected chi connectivity index (χ3v) is 0.895. The van der Waals surface area contributed by atoms with Crippen LogP contribution < -0.4 is 0 Å². The van der Waals surface area contributed by atoms with Crippen molar-refractivity contribution in [3.05, 3.63) is 0 Å². The molecule has 0 fully saturated rings. The van der Waals surface area contributed by atoms with Crippen molar-refractivity contribution in [2.24, 2.45) is 5.92 Å². The maximum atomic E-state index is 9.88. The molecule has 0 rings (SSSR count). The average Bonchev–Trinajstić information content (AvgIpc) is 1.68. The third-order valence-electron chi connectivity index (χ3n) is 0.895. The first-order valence-corrected chi connectivity index (χ1v) is 2.47. The number of hydrogen-bond donors (Lipinski definition) is 0. The summed E-state index contributed by atoms with van der Waals surface area (Å²) in [5.74, 6) is 0.0810. The van der Waals surface area contributed by atoms with Gasteiger partial charge in [-0.3, -0.25) is 0 Å². The van der Waals surface area contributed by atoms with Gasteiger partial charge >= 0.3 is 0 Å². The lowest BCUT2D eigenvalue weighted by molar-refractivity contribution is 0.113. The van der Waals surface area contributed by atoms with Crippen LogP contribution in [0.1, 0.15) is 13.3 Å². The molecule has 0 saturated heterocycles. The first-order chi connectivity index (χ1) is 3.31. The van der Waals surface area contributed by atoms with Crippen LogP contribution in [-0.2, 0) is 10.2 Å². The first kappa shape index (κ1) is 6.92. The van der Waals surface area contributed by atoms with Gasteiger partial charge in [-0.05, 0) is 12.3 Å². The lowest BCUT2D eigenvalue weighted by Crippen LogP contribution is -2.00. The van der Waals surface area contributed by atoms with Gasteiger partial charge in [-0.1, -0.05) is 6.92 Å². The van der Waals surface area contributed by atoms with Gasteiger partial charge in [0.15, 0.2) is 0 Å². The van der Waals surface area contributed by atoms with Gasteiger partial charge in [0.05, 0.1) is 13.2 Å². The zero-order valence-electron chi connectivity index (χ0n) is 4.52. The van der Waals surface area contributed by atoms with Crippen molar-refractivity contribution >= 4 is 0 Å². The van der Waals surface area contributed by atoms with E-state index >= 15 is 0 Å². The van der Waals surface area contributed by atoms with E-state index in [-0.39, 0.29) is 19.1 Å². The highest BCUT2D eigenvalue weighted by Crippen LogP contribution is 1.96. The van der Waals surface area contributed by atoms with E-state index in [4.69, 9.17) is 0 Å². The van der Waals surface area contributed by atoms with E-state index < -0.39 is 0 Å². The molecule has 0 amide bonds. The predicted octanol–water partition coefficient (Wildman–Crippen LogP) is 0.874. The standard InChI is InChI=1S/C5H10O2/c1-5(4-7)2-3-6/h5H,2-4H2,1H3. The van der Waals surface area contributed by atoms with Crippen molar-refractivity contribution in [2.45, 2.75) is 13.3 Å². The molecule has 0 aromatic rings. The lowest BCUT2D eigenvalue weighted by Gasteiger charge is -1.98. The zero-order chi connectivity index (χ0) is 5.70. The Morgan fingerprint density at radius 2 is 2.00 bits per heavy atom. The van der Waals surface area contributed by atoms with Gasteiger partial charge in [0.1, 0.15) is 0 Å². The van der Waals surface area contributed by atoms with Crippen LogP contribution in [0, 0.1) is 5.92 Å². The van der Waals surface area contributed by atoms with Gasteiger partial charge in [-0.25, -0.2) is 10.2 Å². The van der Waals surface area contributed by atoms with Crippen molar-refractivity contribution in [1.29, 1.82) is 0 Å². The van der Waals surface area contributed by atoms with Gasteiger partial charge in [0.25, 0.3) is 0 Å². The molecule has 0 bridgehead atoms. The van der Waals surface area contributed by atoms with Crippen LogP contribution in [0.4, 0.5) is 0 Å². The Hall–Kier alpha value is -0.0800. The fourth-order valence-electron chi connectivity index (χ4n) is 0.285. The SMILES string of the molecule is CC(C[O])CC[O]. The van der Waals surface area contributed by atoms with Crippen LogP contribution >= 0.6 is 0 Å². The van der Waals surface area contributed by atoms with Gasteiger partial charge in [-0.2, -0.15) is 0 Å². The second-order valence-electron chi connectivity index (χ2n) is 1.76. The minimum atomic E-state index is -0.109. The monoisotopic (exact) mass is 102 g/mol. The van der Waals surface area contributed by atoms with E-state index in [0.717, 1.165) is 0 Å². The Balaban J connectivity index is 2.83. The van der Waals surface area contributed by atoms with Crippen LogP contribution in [0.25, 0.3) is 0 Å². The molecule has 0 aliphatic heterocycles.